The van der Waals surface area contributed by atoms with E-state index in [2.05, 4.69) is 39.5 Å². The molecule has 0 atom stereocenters. The molecule has 3 heterocycles. The molecule has 2 aromatic heterocycles. The maximum atomic E-state index is 12.8. The Balaban J connectivity index is 1.40. The van der Waals surface area contributed by atoms with Crippen LogP contribution in [0.5, 0.6) is 0 Å². The molecule has 7 rings (SSSR count). The topological polar surface area (TPSA) is 107 Å². The van der Waals surface area contributed by atoms with Crippen LogP contribution in [0.15, 0.2) is 91.1 Å². The fourth-order valence-corrected chi connectivity index (χ4v) is 6.36. The molecule has 1 aliphatic carbocycles. The van der Waals surface area contributed by atoms with Gasteiger partial charge in [-0.3, -0.25) is 4.57 Å². The molecule has 0 bridgehead atoms. The Morgan fingerprint density at radius 2 is 1.74 bits per heavy atom. The molecule has 0 spiro atoms. The summed E-state index contributed by atoms with van der Waals surface area (Å²) in [6.07, 6.45) is 4.04. The van der Waals surface area contributed by atoms with Crippen LogP contribution >= 0.6 is 0 Å². The van der Waals surface area contributed by atoms with E-state index in [9.17, 15) is 9.59 Å². The van der Waals surface area contributed by atoms with Gasteiger partial charge >= 0.3 is 12.1 Å². The molecule has 2 aliphatic rings. The first-order chi connectivity index (χ1) is 22.7. The number of anilines is 2. The summed E-state index contributed by atoms with van der Waals surface area (Å²) in [6, 6.07) is 27.7. The number of para-hydroxylation sites is 1. The number of imidazole rings is 1. The van der Waals surface area contributed by atoms with Crippen LogP contribution in [0, 0.1) is 0 Å². The maximum Gasteiger partial charge on any atom is 0.408 e. The quantitative estimate of drug-likeness (QED) is 0.179. The monoisotopic (exact) mass is 627 g/mol. The van der Waals surface area contributed by atoms with Crippen LogP contribution in [0.4, 0.5) is 16.3 Å². The third-order valence-corrected chi connectivity index (χ3v) is 8.63. The maximum absolute atomic E-state index is 12.8. The largest absolute Gasteiger partial charge is 0.462 e. The van der Waals surface area contributed by atoms with Crippen LogP contribution in [0.25, 0.3) is 39.6 Å². The summed E-state index contributed by atoms with van der Waals surface area (Å²) < 4.78 is 13.1. The highest BCUT2D eigenvalue weighted by Gasteiger charge is 2.41. The molecule has 1 amide bonds. The second-order valence-corrected chi connectivity index (χ2v) is 13.0. The molecule has 1 fully saturated rings. The van der Waals surface area contributed by atoms with E-state index in [0.717, 1.165) is 70.1 Å². The molecule has 238 valence electrons. The van der Waals surface area contributed by atoms with Crippen LogP contribution in [-0.2, 0) is 15.0 Å². The number of hydrogen-bond acceptors (Lipinski definition) is 7. The lowest BCUT2D eigenvalue weighted by Crippen LogP contribution is -2.52. The Labute approximate surface area is 274 Å². The van der Waals surface area contributed by atoms with Gasteiger partial charge in [-0.05, 0) is 88.9 Å². The molecule has 1 aliphatic heterocycles. The van der Waals surface area contributed by atoms with Crippen LogP contribution in [0.1, 0.15) is 62.9 Å². The number of pyridine rings is 1. The van der Waals surface area contributed by atoms with Gasteiger partial charge in [-0.15, -0.1) is 0 Å². The lowest BCUT2D eigenvalue weighted by molar-refractivity contribution is 0.0376. The smallest absolute Gasteiger partial charge is 0.408 e. The lowest BCUT2D eigenvalue weighted by Gasteiger charge is -2.43. The SMILES string of the molecule is CCOC(=O)c1cccc(-c2nc3n(c2-c2ccc(C4(NC(=O)OC(C)(C)C)CCC4)cc2)-c2cccnc2Nc2ccccc2-3)c1. The molecule has 47 heavy (non-hydrogen) atoms. The van der Waals surface area contributed by atoms with E-state index in [-0.39, 0.29) is 12.6 Å². The summed E-state index contributed by atoms with van der Waals surface area (Å²) in [5.74, 6) is 1.07. The van der Waals surface area contributed by atoms with E-state index in [0.29, 0.717) is 11.4 Å². The molecule has 5 aromatic rings. The predicted octanol–water partition coefficient (Wildman–Crippen LogP) is 8.41. The molecule has 1 saturated carbocycles. The number of rotatable bonds is 6. The van der Waals surface area contributed by atoms with E-state index >= 15 is 0 Å². The Bertz CT molecular complexity index is 1990. The molecule has 3 aromatic carbocycles. The number of aromatic nitrogens is 3. The Hall–Kier alpha value is -5.44. The first kappa shape index (κ1) is 30.2. The van der Waals surface area contributed by atoms with Gasteiger partial charge in [0.25, 0.3) is 0 Å². The van der Waals surface area contributed by atoms with E-state index in [4.69, 9.17) is 19.4 Å². The Morgan fingerprint density at radius 3 is 2.47 bits per heavy atom. The number of esters is 1. The summed E-state index contributed by atoms with van der Waals surface area (Å²) in [6.45, 7) is 7.68. The zero-order chi connectivity index (χ0) is 32.8. The Kier molecular flexibility index (Phi) is 7.54. The van der Waals surface area contributed by atoms with Crippen molar-refractivity contribution in [2.24, 2.45) is 0 Å². The fourth-order valence-electron chi connectivity index (χ4n) is 6.36. The van der Waals surface area contributed by atoms with Gasteiger partial charge in [0, 0.05) is 22.9 Å². The average molecular weight is 628 g/mol. The molecular formula is C38H37N5O4. The van der Waals surface area contributed by atoms with Crippen molar-refractivity contribution in [1.29, 1.82) is 0 Å². The first-order valence-electron chi connectivity index (χ1n) is 16.0. The minimum atomic E-state index is -0.585. The van der Waals surface area contributed by atoms with Crippen molar-refractivity contribution >= 4 is 23.6 Å². The summed E-state index contributed by atoms with van der Waals surface area (Å²) in [5.41, 5.74) is 6.35. The highest BCUT2D eigenvalue weighted by atomic mass is 16.6. The number of alkyl carbamates (subject to hydrolysis) is 1. The zero-order valence-corrected chi connectivity index (χ0v) is 27.0. The number of ether oxygens (including phenoxy) is 2. The first-order valence-corrected chi connectivity index (χ1v) is 16.0. The highest BCUT2D eigenvalue weighted by molar-refractivity contribution is 5.94. The van der Waals surface area contributed by atoms with Crippen molar-refractivity contribution in [3.63, 3.8) is 0 Å². The highest BCUT2D eigenvalue weighted by Crippen LogP contribution is 2.46. The zero-order valence-electron chi connectivity index (χ0n) is 27.0. The van der Waals surface area contributed by atoms with E-state index < -0.39 is 17.2 Å². The van der Waals surface area contributed by atoms with Crippen LogP contribution in [0.2, 0.25) is 0 Å². The molecule has 0 saturated heterocycles. The number of amides is 1. The summed E-state index contributed by atoms with van der Waals surface area (Å²) in [4.78, 5) is 35.6. The van der Waals surface area contributed by atoms with Gasteiger partial charge in [-0.2, -0.15) is 0 Å². The molecule has 9 nitrogen and oxygen atoms in total. The van der Waals surface area contributed by atoms with Crippen molar-refractivity contribution in [3.05, 3.63) is 102 Å². The third kappa shape index (κ3) is 5.62. The van der Waals surface area contributed by atoms with Crippen molar-refractivity contribution in [2.45, 2.75) is 58.1 Å². The number of carbonyl (C=O) groups excluding carboxylic acids is 2. The van der Waals surface area contributed by atoms with Crippen LogP contribution in [-0.4, -0.2) is 38.8 Å². The van der Waals surface area contributed by atoms with Crippen LogP contribution < -0.4 is 10.6 Å². The van der Waals surface area contributed by atoms with Gasteiger partial charge in [0.2, 0.25) is 0 Å². The van der Waals surface area contributed by atoms with Gasteiger partial charge in [0.15, 0.2) is 5.82 Å². The lowest BCUT2D eigenvalue weighted by atomic mass is 9.71. The molecule has 9 heteroatoms. The summed E-state index contributed by atoms with van der Waals surface area (Å²) >= 11 is 0. The minimum absolute atomic E-state index is 0.289. The van der Waals surface area contributed by atoms with Crippen molar-refractivity contribution < 1.29 is 19.1 Å². The number of nitrogens with zero attached hydrogens (tertiary/aromatic N) is 3. The summed E-state index contributed by atoms with van der Waals surface area (Å²) in [5, 5.41) is 6.67. The number of nitrogens with one attached hydrogen (secondary N) is 2. The second-order valence-electron chi connectivity index (χ2n) is 13.0. The number of fused-ring (bicyclic) bond motifs is 5. The average Bonchev–Trinajstić information content (AvgIpc) is 3.37. The van der Waals surface area contributed by atoms with E-state index in [1.165, 1.54) is 0 Å². The van der Waals surface area contributed by atoms with Gasteiger partial charge in [-0.1, -0.05) is 48.5 Å². The predicted molar refractivity (Wildman–Crippen MR) is 182 cm³/mol. The van der Waals surface area contributed by atoms with Crippen molar-refractivity contribution in [2.75, 3.05) is 11.9 Å². The van der Waals surface area contributed by atoms with E-state index in [1.54, 1.807) is 19.2 Å². The van der Waals surface area contributed by atoms with Gasteiger partial charge in [-0.25, -0.2) is 19.6 Å². The van der Waals surface area contributed by atoms with E-state index in [1.807, 2.05) is 75.4 Å². The normalized spacial score (nSPS) is 14.3. The number of hydrogen-bond donors (Lipinski definition) is 2. The third-order valence-electron chi connectivity index (χ3n) is 8.63. The molecule has 2 N–H and O–H groups in total. The van der Waals surface area contributed by atoms with Gasteiger partial charge in [0.1, 0.15) is 11.4 Å². The van der Waals surface area contributed by atoms with Crippen molar-refractivity contribution in [3.8, 4) is 39.6 Å². The van der Waals surface area contributed by atoms with Crippen molar-refractivity contribution in [1.82, 2.24) is 19.9 Å². The number of carbonyl (C=O) groups is 2. The summed E-state index contributed by atoms with van der Waals surface area (Å²) in [7, 11) is 0. The standard InChI is InChI=1S/C38H37N5O4/c1-5-46-35(44)26-12-8-11-25(23-26)31-32(24-16-18-27(19-17-24)38(20-10-21-38)42-36(45)47-37(2,3)4)43-30-15-9-22-39-33(30)40-29-14-7-6-13-28(29)34(43)41-31/h6-9,11-19,22-23H,5,10,20-21H2,1-4H3,(H,39,40)(H,42,45). The van der Waals surface area contributed by atoms with Crippen LogP contribution in [0.3, 0.4) is 0 Å². The second kappa shape index (κ2) is 11.7. The molecule has 0 radical (unpaired) electrons. The van der Waals surface area contributed by atoms with Gasteiger partial charge < -0.3 is 20.1 Å². The molecular weight excluding hydrogens is 590 g/mol. The minimum Gasteiger partial charge on any atom is -0.462 e. The fraction of sp³-hybridized carbons (Fsp3) is 0.263. The molecule has 0 unspecified atom stereocenters. The van der Waals surface area contributed by atoms with Gasteiger partial charge in [0.05, 0.1) is 40.5 Å². The Morgan fingerprint density at radius 1 is 0.957 bits per heavy atom. The number of benzene rings is 3.